The molecule has 6 nitrogen and oxygen atoms in total. The summed E-state index contributed by atoms with van der Waals surface area (Å²) in [4.78, 5) is 23.0. The van der Waals surface area contributed by atoms with Gasteiger partial charge >= 0.3 is 12.1 Å². The molecule has 0 aliphatic heterocycles. The van der Waals surface area contributed by atoms with Crippen LogP contribution < -0.4 is 10.1 Å². The van der Waals surface area contributed by atoms with Gasteiger partial charge in [0.1, 0.15) is 16.9 Å². The lowest BCUT2D eigenvalue weighted by atomic mass is 10.1. The summed E-state index contributed by atoms with van der Waals surface area (Å²) in [5.74, 6) is -1.19. The molecule has 0 aromatic heterocycles. The number of carbonyl (C=O) groups excluding carboxylic acids is 1. The van der Waals surface area contributed by atoms with Gasteiger partial charge in [0.25, 0.3) is 0 Å². The molecule has 1 aromatic rings. The molecule has 7 heteroatoms. The molecule has 0 spiro atoms. The predicted molar refractivity (Wildman–Crippen MR) is 74.8 cm³/mol. The van der Waals surface area contributed by atoms with Crippen LogP contribution in [0.15, 0.2) is 12.1 Å². The average molecular weight is 302 g/mol. The third-order valence-corrected chi connectivity index (χ3v) is 2.35. The van der Waals surface area contributed by atoms with Crippen LogP contribution in [-0.4, -0.2) is 29.9 Å². The molecule has 0 aliphatic carbocycles. The molecular weight excluding hydrogens is 286 g/mol. The van der Waals surface area contributed by atoms with Crippen molar-refractivity contribution in [2.75, 3.05) is 12.4 Å². The summed E-state index contributed by atoms with van der Waals surface area (Å²) in [7, 11) is 1.31. The van der Waals surface area contributed by atoms with Gasteiger partial charge in [-0.2, -0.15) is 0 Å². The molecule has 1 amide bonds. The van der Waals surface area contributed by atoms with Crippen LogP contribution in [0.4, 0.5) is 10.5 Å². The minimum atomic E-state index is -1.25. The van der Waals surface area contributed by atoms with Gasteiger partial charge in [-0.3, -0.25) is 5.32 Å². The molecule has 0 heterocycles. The van der Waals surface area contributed by atoms with E-state index in [2.05, 4.69) is 5.32 Å². The fourth-order valence-corrected chi connectivity index (χ4v) is 1.68. The van der Waals surface area contributed by atoms with Crippen molar-refractivity contribution >= 4 is 29.4 Å². The van der Waals surface area contributed by atoms with Crippen LogP contribution in [0.25, 0.3) is 0 Å². The van der Waals surface area contributed by atoms with E-state index in [0.717, 1.165) is 0 Å². The van der Waals surface area contributed by atoms with Gasteiger partial charge < -0.3 is 14.6 Å². The smallest absolute Gasteiger partial charge is 0.412 e. The molecule has 1 rings (SSSR count). The topological polar surface area (TPSA) is 84.9 Å². The number of carboxylic acids is 1. The van der Waals surface area contributed by atoms with Crippen LogP contribution >= 0.6 is 11.6 Å². The van der Waals surface area contributed by atoms with E-state index in [1.165, 1.54) is 19.2 Å². The van der Waals surface area contributed by atoms with Gasteiger partial charge in [-0.05, 0) is 32.9 Å². The van der Waals surface area contributed by atoms with E-state index in [0.29, 0.717) is 0 Å². The number of benzene rings is 1. The highest BCUT2D eigenvalue weighted by Crippen LogP contribution is 2.31. The quantitative estimate of drug-likeness (QED) is 0.894. The second-order valence-electron chi connectivity index (χ2n) is 4.96. The van der Waals surface area contributed by atoms with Crippen LogP contribution in [0.1, 0.15) is 31.1 Å². The van der Waals surface area contributed by atoms with E-state index < -0.39 is 17.7 Å². The van der Waals surface area contributed by atoms with Crippen LogP contribution in [-0.2, 0) is 4.74 Å². The number of methoxy groups -OCH3 is 1. The summed E-state index contributed by atoms with van der Waals surface area (Å²) >= 11 is 5.86. The highest BCUT2D eigenvalue weighted by molar-refractivity contribution is 6.31. The molecule has 2 N–H and O–H groups in total. The number of hydrogen-bond donors (Lipinski definition) is 2. The summed E-state index contributed by atoms with van der Waals surface area (Å²) < 4.78 is 10.0. The average Bonchev–Trinajstić information content (AvgIpc) is 2.24. The van der Waals surface area contributed by atoms with Gasteiger partial charge in [0.05, 0.1) is 12.8 Å². The van der Waals surface area contributed by atoms with Crippen molar-refractivity contribution in [2.45, 2.75) is 26.4 Å². The Hall–Kier alpha value is -1.95. The van der Waals surface area contributed by atoms with Crippen LogP contribution in [0.2, 0.25) is 5.02 Å². The number of hydrogen-bond acceptors (Lipinski definition) is 4. The Morgan fingerprint density at radius 2 is 1.90 bits per heavy atom. The third kappa shape index (κ3) is 4.31. The van der Waals surface area contributed by atoms with Crippen molar-refractivity contribution in [3.63, 3.8) is 0 Å². The lowest BCUT2D eigenvalue weighted by molar-refractivity contribution is 0.0636. The minimum absolute atomic E-state index is 0.0103. The van der Waals surface area contributed by atoms with Crippen molar-refractivity contribution < 1.29 is 24.2 Å². The van der Waals surface area contributed by atoms with E-state index in [1.807, 2.05) is 0 Å². The summed E-state index contributed by atoms with van der Waals surface area (Å²) in [6, 6.07) is 2.67. The van der Waals surface area contributed by atoms with E-state index in [-0.39, 0.29) is 22.0 Å². The maximum atomic E-state index is 11.7. The van der Waals surface area contributed by atoms with Crippen LogP contribution in [0.3, 0.4) is 0 Å². The molecule has 0 aliphatic rings. The molecule has 20 heavy (non-hydrogen) atoms. The van der Waals surface area contributed by atoms with E-state index in [9.17, 15) is 14.7 Å². The number of amides is 1. The molecule has 0 saturated carbocycles. The zero-order valence-electron chi connectivity index (χ0n) is 11.6. The molecule has 0 unspecified atom stereocenters. The highest BCUT2D eigenvalue weighted by atomic mass is 35.5. The van der Waals surface area contributed by atoms with Crippen LogP contribution in [0.5, 0.6) is 5.75 Å². The Morgan fingerprint density at radius 1 is 1.30 bits per heavy atom. The molecule has 1 aromatic carbocycles. The largest absolute Gasteiger partial charge is 0.496 e. The van der Waals surface area contributed by atoms with Gasteiger partial charge in [0.15, 0.2) is 0 Å². The molecule has 110 valence electrons. The number of carboxylic acid groups (broad SMARTS) is 1. The Balaban J connectivity index is 3.14. The third-order valence-electron chi connectivity index (χ3n) is 2.14. The lowest BCUT2D eigenvalue weighted by Crippen LogP contribution is -2.27. The van der Waals surface area contributed by atoms with Crippen molar-refractivity contribution in [1.82, 2.24) is 0 Å². The van der Waals surface area contributed by atoms with Crippen molar-refractivity contribution in [3.05, 3.63) is 22.7 Å². The molecule has 0 radical (unpaired) electrons. The zero-order chi connectivity index (χ0) is 15.5. The van der Waals surface area contributed by atoms with Crippen molar-refractivity contribution in [2.24, 2.45) is 0 Å². The van der Waals surface area contributed by atoms with Crippen molar-refractivity contribution in [1.29, 1.82) is 0 Å². The summed E-state index contributed by atoms with van der Waals surface area (Å²) in [6.45, 7) is 5.09. The Labute approximate surface area is 121 Å². The maximum Gasteiger partial charge on any atom is 0.412 e. The first-order valence-corrected chi connectivity index (χ1v) is 6.12. The van der Waals surface area contributed by atoms with Crippen molar-refractivity contribution in [3.8, 4) is 5.75 Å². The number of aromatic carboxylic acids is 1. The van der Waals surface area contributed by atoms with E-state index >= 15 is 0 Å². The Bertz CT molecular complexity index is 536. The fourth-order valence-electron chi connectivity index (χ4n) is 1.48. The Kier molecular flexibility index (Phi) is 4.83. The number of halogens is 1. The summed E-state index contributed by atoms with van der Waals surface area (Å²) in [5, 5.41) is 11.8. The fraction of sp³-hybridized carbons (Fsp3) is 0.385. The highest BCUT2D eigenvalue weighted by Gasteiger charge is 2.22. The number of ether oxygens (including phenoxy) is 2. The first-order chi connectivity index (χ1) is 9.14. The molecular formula is C13H16ClNO5. The Morgan fingerprint density at radius 3 is 2.35 bits per heavy atom. The first-order valence-electron chi connectivity index (χ1n) is 5.75. The lowest BCUT2D eigenvalue weighted by Gasteiger charge is -2.20. The van der Waals surface area contributed by atoms with Gasteiger partial charge in [0, 0.05) is 5.02 Å². The van der Waals surface area contributed by atoms with E-state index in [4.69, 9.17) is 21.1 Å². The number of rotatable bonds is 3. The maximum absolute atomic E-state index is 11.7. The first kappa shape index (κ1) is 16.1. The zero-order valence-corrected chi connectivity index (χ0v) is 12.4. The SMILES string of the molecule is COc1cc(Cl)cc(NC(=O)OC(C)(C)C)c1C(=O)O. The number of anilines is 1. The summed E-state index contributed by atoms with van der Waals surface area (Å²) in [5.41, 5.74) is -0.880. The van der Waals surface area contributed by atoms with Gasteiger partial charge in [0.2, 0.25) is 0 Å². The molecule has 0 saturated heterocycles. The number of nitrogens with one attached hydrogen (secondary N) is 1. The van der Waals surface area contributed by atoms with Crippen LogP contribution in [0, 0.1) is 0 Å². The van der Waals surface area contributed by atoms with Gasteiger partial charge in [-0.1, -0.05) is 11.6 Å². The molecule has 0 fully saturated rings. The van der Waals surface area contributed by atoms with Gasteiger partial charge in [-0.15, -0.1) is 0 Å². The summed E-state index contributed by atoms with van der Waals surface area (Å²) in [6.07, 6.45) is -0.774. The molecule has 0 atom stereocenters. The second kappa shape index (κ2) is 6.00. The van der Waals surface area contributed by atoms with E-state index in [1.54, 1.807) is 20.8 Å². The normalized spacial score (nSPS) is 10.8. The predicted octanol–water partition coefficient (Wildman–Crippen LogP) is 3.39. The van der Waals surface area contributed by atoms with Gasteiger partial charge in [-0.25, -0.2) is 9.59 Å². The second-order valence-corrected chi connectivity index (χ2v) is 5.40. The monoisotopic (exact) mass is 301 g/mol. The minimum Gasteiger partial charge on any atom is -0.496 e. The standard InChI is InChI=1S/C13H16ClNO5/c1-13(2,3)20-12(18)15-8-5-7(14)6-9(19-4)10(8)11(16)17/h5-6H,1-4H3,(H,15,18)(H,16,17). The molecule has 0 bridgehead atoms. The number of carbonyl (C=O) groups is 2.